The Balaban J connectivity index is 1.83. The molecule has 26 heavy (non-hydrogen) atoms. The van der Waals surface area contributed by atoms with E-state index in [1.807, 2.05) is 13.0 Å². The second-order valence-corrected chi connectivity index (χ2v) is 6.05. The lowest BCUT2D eigenvalue weighted by molar-refractivity contribution is -0.142. The molecule has 3 rings (SSSR count). The lowest BCUT2D eigenvalue weighted by Gasteiger charge is -2.14. The number of carbonyl (C=O) groups is 2. The van der Waals surface area contributed by atoms with Crippen molar-refractivity contribution < 1.29 is 19.1 Å². The van der Waals surface area contributed by atoms with Crippen molar-refractivity contribution in [3.8, 4) is 0 Å². The third-order valence-corrected chi connectivity index (χ3v) is 4.14. The Labute approximate surface area is 148 Å². The maximum absolute atomic E-state index is 12.6. The molecule has 0 aliphatic carbocycles. The van der Waals surface area contributed by atoms with Crippen LogP contribution in [0.2, 0.25) is 0 Å². The maximum Gasteiger partial charge on any atom is 0.326 e. The third kappa shape index (κ3) is 3.44. The highest BCUT2D eigenvalue weighted by Crippen LogP contribution is 2.23. The SMILES string of the molecule is CCCC[C@H](NC(=O)Cn1cnc2c(oc3ccccc32)c1=O)C(=O)O. The standard InChI is InChI=1S/C18H19N3O5/c1-2-3-7-12(18(24)25)20-14(22)9-21-10-19-15-11-6-4-5-8-13(11)26-16(15)17(21)23/h4-6,8,10,12H,2-3,7,9H2,1H3,(H,20,22)(H,24,25)/t12-/m0/s1. The van der Waals surface area contributed by atoms with Gasteiger partial charge in [0.15, 0.2) is 0 Å². The van der Waals surface area contributed by atoms with Crippen LogP contribution in [-0.4, -0.2) is 32.6 Å². The summed E-state index contributed by atoms with van der Waals surface area (Å²) < 4.78 is 6.67. The highest BCUT2D eigenvalue weighted by Gasteiger charge is 2.20. The van der Waals surface area contributed by atoms with E-state index in [0.29, 0.717) is 23.9 Å². The molecule has 0 spiro atoms. The molecular formula is C18H19N3O5. The van der Waals surface area contributed by atoms with Crippen LogP contribution in [0, 0.1) is 0 Å². The predicted octanol–water partition coefficient (Wildman–Crippen LogP) is 1.90. The number of hydrogen-bond acceptors (Lipinski definition) is 5. The third-order valence-electron chi connectivity index (χ3n) is 4.14. The first-order chi connectivity index (χ1) is 12.5. The van der Waals surface area contributed by atoms with Crippen LogP contribution in [0.1, 0.15) is 26.2 Å². The van der Waals surface area contributed by atoms with E-state index < -0.39 is 23.5 Å². The highest BCUT2D eigenvalue weighted by atomic mass is 16.4. The van der Waals surface area contributed by atoms with Gasteiger partial charge in [0.25, 0.3) is 5.56 Å². The summed E-state index contributed by atoms with van der Waals surface area (Å²) in [5.41, 5.74) is 0.567. The number of nitrogens with one attached hydrogen (secondary N) is 1. The number of hydrogen-bond donors (Lipinski definition) is 2. The number of aliphatic carboxylic acids is 1. The van der Waals surface area contributed by atoms with Crippen LogP contribution in [-0.2, 0) is 16.1 Å². The van der Waals surface area contributed by atoms with E-state index in [0.717, 1.165) is 16.4 Å². The number of rotatable bonds is 7. The van der Waals surface area contributed by atoms with Crippen LogP contribution in [0.3, 0.4) is 0 Å². The number of carboxylic acids is 1. The summed E-state index contributed by atoms with van der Waals surface area (Å²) in [6, 6.07) is 6.18. The van der Waals surface area contributed by atoms with Crippen molar-refractivity contribution in [2.75, 3.05) is 0 Å². The van der Waals surface area contributed by atoms with Gasteiger partial charge in [-0.25, -0.2) is 9.78 Å². The first-order valence-corrected chi connectivity index (χ1v) is 8.40. The van der Waals surface area contributed by atoms with Gasteiger partial charge in [-0.05, 0) is 18.6 Å². The monoisotopic (exact) mass is 357 g/mol. The summed E-state index contributed by atoms with van der Waals surface area (Å²) in [4.78, 5) is 40.2. The van der Waals surface area contributed by atoms with Gasteiger partial charge in [-0.3, -0.25) is 14.2 Å². The Morgan fingerprint density at radius 2 is 2.12 bits per heavy atom. The molecule has 0 saturated heterocycles. The number of para-hydroxylation sites is 1. The van der Waals surface area contributed by atoms with E-state index >= 15 is 0 Å². The molecule has 0 bridgehead atoms. The fourth-order valence-electron chi connectivity index (χ4n) is 2.79. The molecule has 8 heteroatoms. The van der Waals surface area contributed by atoms with Gasteiger partial charge >= 0.3 is 5.97 Å². The van der Waals surface area contributed by atoms with Crippen LogP contribution in [0.4, 0.5) is 0 Å². The number of aromatic nitrogens is 2. The number of nitrogens with zero attached hydrogens (tertiary/aromatic N) is 2. The fourth-order valence-corrected chi connectivity index (χ4v) is 2.79. The van der Waals surface area contributed by atoms with Gasteiger partial charge in [0.1, 0.15) is 23.7 Å². The molecule has 0 unspecified atom stereocenters. The normalized spacial score (nSPS) is 12.3. The number of fused-ring (bicyclic) bond motifs is 3. The van der Waals surface area contributed by atoms with E-state index in [-0.39, 0.29) is 12.1 Å². The molecule has 0 saturated carbocycles. The van der Waals surface area contributed by atoms with Gasteiger partial charge in [-0.1, -0.05) is 31.9 Å². The van der Waals surface area contributed by atoms with E-state index in [1.54, 1.807) is 18.2 Å². The van der Waals surface area contributed by atoms with E-state index in [2.05, 4.69) is 10.3 Å². The Hall–Kier alpha value is -3.16. The van der Waals surface area contributed by atoms with Gasteiger partial charge in [-0.2, -0.15) is 0 Å². The molecule has 3 aromatic rings. The zero-order valence-corrected chi connectivity index (χ0v) is 14.3. The molecule has 2 heterocycles. The summed E-state index contributed by atoms with van der Waals surface area (Å²) in [5.74, 6) is -1.65. The van der Waals surface area contributed by atoms with Crippen LogP contribution in [0.25, 0.3) is 22.1 Å². The molecule has 0 fully saturated rings. The quantitative estimate of drug-likeness (QED) is 0.667. The molecule has 2 aromatic heterocycles. The van der Waals surface area contributed by atoms with Crippen LogP contribution in [0.15, 0.2) is 39.8 Å². The first-order valence-electron chi connectivity index (χ1n) is 8.40. The summed E-state index contributed by atoms with van der Waals surface area (Å²) in [6.45, 7) is 1.61. The lowest BCUT2D eigenvalue weighted by atomic mass is 10.1. The Kier molecular flexibility index (Phi) is 5.01. The van der Waals surface area contributed by atoms with Gasteiger partial charge in [0, 0.05) is 5.39 Å². The van der Waals surface area contributed by atoms with E-state index in [9.17, 15) is 19.5 Å². The van der Waals surface area contributed by atoms with Gasteiger partial charge in [-0.15, -0.1) is 0 Å². The minimum Gasteiger partial charge on any atom is -0.480 e. The molecule has 2 N–H and O–H groups in total. The van der Waals surface area contributed by atoms with Gasteiger partial charge in [0.05, 0.1) is 6.33 Å². The van der Waals surface area contributed by atoms with Crippen molar-refractivity contribution in [1.82, 2.24) is 14.9 Å². The maximum atomic E-state index is 12.6. The Morgan fingerprint density at radius 1 is 1.35 bits per heavy atom. The van der Waals surface area contributed by atoms with E-state index in [4.69, 9.17) is 4.42 Å². The molecule has 8 nitrogen and oxygen atoms in total. The summed E-state index contributed by atoms with van der Waals surface area (Å²) in [5, 5.41) is 12.3. The smallest absolute Gasteiger partial charge is 0.326 e. The predicted molar refractivity (Wildman–Crippen MR) is 94.9 cm³/mol. The second kappa shape index (κ2) is 7.38. The molecular weight excluding hydrogens is 338 g/mol. The lowest BCUT2D eigenvalue weighted by Crippen LogP contribution is -2.43. The minimum atomic E-state index is -1.09. The van der Waals surface area contributed by atoms with Crippen LogP contribution < -0.4 is 10.9 Å². The summed E-state index contributed by atoms with van der Waals surface area (Å²) >= 11 is 0. The van der Waals surface area contributed by atoms with Crippen molar-refractivity contribution in [3.63, 3.8) is 0 Å². The van der Waals surface area contributed by atoms with Crippen LogP contribution >= 0.6 is 0 Å². The first kappa shape index (κ1) is 17.7. The number of benzene rings is 1. The summed E-state index contributed by atoms with van der Waals surface area (Å²) in [7, 11) is 0. The Bertz CT molecular complexity index is 1020. The Morgan fingerprint density at radius 3 is 2.85 bits per heavy atom. The number of amides is 1. The number of carboxylic acid groups (broad SMARTS) is 1. The molecule has 0 aliphatic heterocycles. The molecule has 1 amide bonds. The van der Waals surface area contributed by atoms with Gasteiger partial charge in [0.2, 0.25) is 11.5 Å². The van der Waals surface area contributed by atoms with Gasteiger partial charge < -0.3 is 14.8 Å². The van der Waals surface area contributed by atoms with Crippen molar-refractivity contribution in [2.45, 2.75) is 38.8 Å². The fraction of sp³-hybridized carbons (Fsp3) is 0.333. The molecule has 1 atom stereocenters. The van der Waals surface area contributed by atoms with Crippen molar-refractivity contribution >= 4 is 33.9 Å². The molecule has 0 radical (unpaired) electrons. The topological polar surface area (TPSA) is 114 Å². The number of furan rings is 1. The average Bonchev–Trinajstić information content (AvgIpc) is 3.00. The van der Waals surface area contributed by atoms with Crippen molar-refractivity contribution in [3.05, 3.63) is 40.9 Å². The van der Waals surface area contributed by atoms with E-state index in [1.165, 1.54) is 6.33 Å². The average molecular weight is 357 g/mol. The molecule has 1 aromatic carbocycles. The second-order valence-electron chi connectivity index (χ2n) is 6.05. The van der Waals surface area contributed by atoms with Crippen molar-refractivity contribution in [1.29, 1.82) is 0 Å². The van der Waals surface area contributed by atoms with Crippen molar-refractivity contribution in [2.24, 2.45) is 0 Å². The zero-order chi connectivity index (χ0) is 18.7. The summed E-state index contributed by atoms with van der Waals surface area (Å²) in [6.07, 6.45) is 3.12. The molecule has 0 aliphatic rings. The largest absolute Gasteiger partial charge is 0.480 e. The molecule has 136 valence electrons. The minimum absolute atomic E-state index is 0.0715. The highest BCUT2D eigenvalue weighted by molar-refractivity contribution is 6.01. The number of carbonyl (C=O) groups excluding carboxylic acids is 1. The number of unbranched alkanes of at least 4 members (excludes halogenated alkanes) is 1. The zero-order valence-electron chi connectivity index (χ0n) is 14.3. The van der Waals surface area contributed by atoms with Crippen LogP contribution in [0.5, 0.6) is 0 Å².